The number of nitrogens with one attached hydrogen (secondary N) is 1. The van der Waals surface area contributed by atoms with E-state index < -0.39 is 28.4 Å². The van der Waals surface area contributed by atoms with Gasteiger partial charge in [0.25, 0.3) is 5.91 Å². The second-order valence-electron chi connectivity index (χ2n) is 8.94. The molecule has 0 bridgehead atoms. The van der Waals surface area contributed by atoms with Gasteiger partial charge in [-0.2, -0.15) is 0 Å². The van der Waals surface area contributed by atoms with Crippen LogP contribution in [0.3, 0.4) is 0 Å². The summed E-state index contributed by atoms with van der Waals surface area (Å²) in [6, 6.07) is 8.47. The van der Waals surface area contributed by atoms with Crippen molar-refractivity contribution >= 4 is 34.0 Å². The molecular weight excluding hydrogens is 475 g/mol. The summed E-state index contributed by atoms with van der Waals surface area (Å²) < 4.78 is 18.7. The molecule has 3 rings (SSSR count). The molecule has 3 aromatic rings. The van der Waals surface area contributed by atoms with E-state index in [-0.39, 0.29) is 19.4 Å². The number of amides is 1. The van der Waals surface area contributed by atoms with E-state index in [2.05, 4.69) is 22.3 Å². The summed E-state index contributed by atoms with van der Waals surface area (Å²) in [5.41, 5.74) is -2.54. The van der Waals surface area contributed by atoms with E-state index >= 15 is 0 Å². The van der Waals surface area contributed by atoms with Crippen LogP contribution >= 0.6 is 11.6 Å². The van der Waals surface area contributed by atoms with Crippen molar-refractivity contribution < 1.29 is 23.9 Å². The number of aryl methyl sites for hydroxylation is 1. The topological polar surface area (TPSA) is 113 Å². The van der Waals surface area contributed by atoms with Crippen LogP contribution in [0, 0.1) is 24.6 Å². The average molecular weight is 501 g/mol. The monoisotopic (exact) mass is 500 g/mol. The second kappa shape index (κ2) is 10.6. The van der Waals surface area contributed by atoms with E-state index in [1.165, 1.54) is 30.3 Å². The van der Waals surface area contributed by atoms with E-state index in [4.69, 9.17) is 21.2 Å². The maximum absolute atomic E-state index is 13.9. The highest BCUT2D eigenvalue weighted by atomic mass is 35.5. The Morgan fingerprint density at radius 3 is 2.69 bits per heavy atom. The van der Waals surface area contributed by atoms with Crippen LogP contribution in [0.4, 0.5) is 10.1 Å². The molecule has 1 amide bonds. The summed E-state index contributed by atoms with van der Waals surface area (Å²) in [5, 5.41) is 27.9. The zero-order valence-corrected chi connectivity index (χ0v) is 20.4. The first-order chi connectivity index (χ1) is 16.5. The summed E-state index contributed by atoms with van der Waals surface area (Å²) in [6.07, 6.45) is 0.450. The first kappa shape index (κ1) is 26.4. The van der Waals surface area contributed by atoms with Gasteiger partial charge in [0.1, 0.15) is 5.82 Å². The number of carbonyl (C=O) groups excluding carboxylic acids is 1. The van der Waals surface area contributed by atoms with Crippen LogP contribution in [0.2, 0.25) is 5.02 Å². The Labute approximate surface area is 206 Å². The lowest BCUT2D eigenvalue weighted by Gasteiger charge is -2.33. The Bertz CT molecular complexity index is 1380. The lowest BCUT2D eigenvalue weighted by molar-refractivity contribution is -0.130. The molecule has 0 radical (unpaired) electrons. The highest BCUT2D eigenvalue weighted by Crippen LogP contribution is 2.37. The minimum Gasteiger partial charge on any atom is -0.396 e. The number of nitrogens with zero attached hydrogens (tertiary/aromatic N) is 1. The lowest BCUT2D eigenvalue weighted by Crippen LogP contribution is -2.46. The van der Waals surface area contributed by atoms with Gasteiger partial charge in [-0.1, -0.05) is 42.4 Å². The van der Waals surface area contributed by atoms with Crippen molar-refractivity contribution in [3.8, 4) is 11.8 Å². The van der Waals surface area contributed by atoms with Gasteiger partial charge in [0, 0.05) is 35.5 Å². The molecule has 1 atom stereocenters. The normalized spacial score (nSPS) is 13.1. The van der Waals surface area contributed by atoms with E-state index in [0.29, 0.717) is 39.2 Å². The fourth-order valence-corrected chi connectivity index (χ4v) is 4.22. The van der Waals surface area contributed by atoms with Crippen LogP contribution < -0.4 is 10.9 Å². The van der Waals surface area contributed by atoms with E-state index in [0.717, 1.165) is 0 Å². The molecule has 3 N–H and O–H groups in total. The molecule has 0 unspecified atom stereocenters. The van der Waals surface area contributed by atoms with Crippen molar-refractivity contribution in [2.45, 2.75) is 51.0 Å². The number of hydrogen-bond acceptors (Lipinski definition) is 6. The molecule has 0 aliphatic carbocycles. The number of aliphatic hydroxyl groups excluding tert-OH is 1. The van der Waals surface area contributed by atoms with Crippen molar-refractivity contribution in [1.82, 2.24) is 5.16 Å². The van der Waals surface area contributed by atoms with Crippen molar-refractivity contribution in [2.75, 3.05) is 11.9 Å². The van der Waals surface area contributed by atoms with Gasteiger partial charge in [0.2, 0.25) is 5.60 Å². The van der Waals surface area contributed by atoms with Crippen LogP contribution in [0.1, 0.15) is 44.4 Å². The second-order valence-corrected chi connectivity index (χ2v) is 9.35. The zero-order chi connectivity index (χ0) is 25.8. The Kier molecular flexibility index (Phi) is 7.96. The maximum Gasteiger partial charge on any atom is 0.366 e. The third-order valence-corrected chi connectivity index (χ3v) is 5.97. The minimum atomic E-state index is -2.17. The maximum atomic E-state index is 13.9. The number of hydrogen-bond donors (Lipinski definition) is 3. The Morgan fingerprint density at radius 2 is 1.97 bits per heavy atom. The van der Waals surface area contributed by atoms with Gasteiger partial charge in [-0.05, 0) is 60.7 Å². The molecule has 9 heteroatoms. The molecule has 1 aromatic heterocycles. The first-order valence-electron chi connectivity index (χ1n) is 11.0. The summed E-state index contributed by atoms with van der Waals surface area (Å²) in [4.78, 5) is 25.2. The standard InChI is InChI=1S/C26H26ClFN2O5/c1-16-20-14-18(8-9-19(20)23(32)35-30-16)29-24(33)26(34,11-5-4-6-12-31)15-25(2,3)21-13-17(28)7-10-22(21)27/h7-10,13-14,31,34H,4,6,12,15H2,1-3H3,(H,29,33)/t26-/m1/s1. The number of anilines is 1. The van der Waals surface area contributed by atoms with Gasteiger partial charge in [-0.3, -0.25) is 4.79 Å². The number of aliphatic hydroxyl groups is 2. The fraction of sp³-hybridized carbons (Fsp3) is 0.346. The molecule has 0 fully saturated rings. The van der Waals surface area contributed by atoms with Gasteiger partial charge in [-0.15, -0.1) is 0 Å². The quantitative estimate of drug-likeness (QED) is 0.332. The number of carbonyl (C=O) groups is 1. The highest BCUT2D eigenvalue weighted by Gasteiger charge is 2.41. The van der Waals surface area contributed by atoms with Crippen LogP contribution in [-0.2, 0) is 10.2 Å². The van der Waals surface area contributed by atoms with Crippen molar-refractivity contribution in [2.24, 2.45) is 0 Å². The molecule has 184 valence electrons. The first-order valence-corrected chi connectivity index (χ1v) is 11.4. The highest BCUT2D eigenvalue weighted by molar-refractivity contribution is 6.31. The molecule has 35 heavy (non-hydrogen) atoms. The zero-order valence-electron chi connectivity index (χ0n) is 19.6. The number of fused-ring (bicyclic) bond motifs is 1. The Morgan fingerprint density at radius 1 is 1.23 bits per heavy atom. The summed E-state index contributed by atoms with van der Waals surface area (Å²) in [6.45, 7) is 5.03. The van der Waals surface area contributed by atoms with Crippen LogP contribution in [0.25, 0.3) is 10.8 Å². The third kappa shape index (κ3) is 6.06. The van der Waals surface area contributed by atoms with Crippen LogP contribution in [0.5, 0.6) is 0 Å². The molecule has 0 saturated carbocycles. The van der Waals surface area contributed by atoms with E-state index in [9.17, 15) is 19.1 Å². The minimum absolute atomic E-state index is 0.0812. The fourth-order valence-electron chi connectivity index (χ4n) is 3.85. The van der Waals surface area contributed by atoms with Crippen molar-refractivity contribution in [1.29, 1.82) is 0 Å². The number of halogens is 2. The molecular formula is C26H26ClFN2O5. The average Bonchev–Trinajstić information content (AvgIpc) is 2.80. The van der Waals surface area contributed by atoms with Crippen molar-refractivity contribution in [3.63, 3.8) is 0 Å². The Hall–Kier alpha value is -3.25. The van der Waals surface area contributed by atoms with Crippen LogP contribution in [0.15, 0.2) is 45.7 Å². The molecule has 0 aliphatic rings. The van der Waals surface area contributed by atoms with Crippen molar-refractivity contribution in [3.05, 3.63) is 68.9 Å². The molecule has 0 spiro atoms. The largest absolute Gasteiger partial charge is 0.396 e. The molecule has 0 saturated heterocycles. The SMILES string of the molecule is Cc1noc(=O)c2ccc(NC(=O)[C@@](O)(C#CCCCO)CC(C)(C)c3cc(F)ccc3Cl)cc12. The van der Waals surface area contributed by atoms with Gasteiger partial charge in [0.05, 0.1) is 11.1 Å². The smallest absolute Gasteiger partial charge is 0.366 e. The van der Waals surface area contributed by atoms with Gasteiger partial charge in [-0.25, -0.2) is 9.18 Å². The number of aromatic nitrogens is 1. The number of unbranched alkanes of at least 4 members (excludes halogenated alkanes) is 1. The number of rotatable bonds is 7. The predicted molar refractivity (Wildman–Crippen MR) is 132 cm³/mol. The van der Waals surface area contributed by atoms with Crippen LogP contribution in [-0.4, -0.2) is 33.5 Å². The predicted octanol–water partition coefficient (Wildman–Crippen LogP) is 4.10. The summed E-state index contributed by atoms with van der Waals surface area (Å²) in [5.74, 6) is 4.09. The summed E-state index contributed by atoms with van der Waals surface area (Å²) >= 11 is 6.30. The Balaban J connectivity index is 1.97. The molecule has 1 heterocycles. The molecule has 7 nitrogen and oxygen atoms in total. The van der Waals surface area contributed by atoms with Gasteiger partial charge in [0.15, 0.2) is 0 Å². The van der Waals surface area contributed by atoms with Gasteiger partial charge >= 0.3 is 5.63 Å². The summed E-state index contributed by atoms with van der Waals surface area (Å²) in [7, 11) is 0. The van der Waals surface area contributed by atoms with E-state index in [1.54, 1.807) is 26.8 Å². The van der Waals surface area contributed by atoms with E-state index in [1.807, 2.05) is 0 Å². The number of benzene rings is 2. The van der Waals surface area contributed by atoms with Gasteiger partial charge < -0.3 is 20.1 Å². The third-order valence-electron chi connectivity index (χ3n) is 5.64. The molecule has 0 aliphatic heterocycles. The molecule has 2 aromatic carbocycles. The lowest BCUT2D eigenvalue weighted by atomic mass is 9.75.